The van der Waals surface area contributed by atoms with E-state index in [2.05, 4.69) is 10.3 Å². The molecule has 1 heterocycles. The lowest BCUT2D eigenvalue weighted by atomic mass is 10.3. The van der Waals surface area contributed by atoms with Gasteiger partial charge in [0.1, 0.15) is 11.0 Å². The normalized spacial score (nSPS) is 12.6. The van der Waals surface area contributed by atoms with Crippen molar-refractivity contribution in [3.05, 3.63) is 22.3 Å². The van der Waals surface area contributed by atoms with Gasteiger partial charge in [-0.25, -0.2) is 4.98 Å². The molecule has 78 valence electrons. The molecule has 3 nitrogen and oxygen atoms in total. The third-order valence-electron chi connectivity index (χ3n) is 1.67. The van der Waals surface area contributed by atoms with E-state index >= 15 is 0 Å². The number of anilines is 1. The first-order valence-corrected chi connectivity index (χ1v) is 5.09. The van der Waals surface area contributed by atoms with Crippen molar-refractivity contribution >= 4 is 29.0 Å². The molecule has 2 N–H and O–H groups in total. The molecule has 0 aliphatic carbocycles. The van der Waals surface area contributed by atoms with Gasteiger partial charge in [-0.1, -0.05) is 23.2 Å². The van der Waals surface area contributed by atoms with Crippen LogP contribution in [0.4, 0.5) is 5.82 Å². The zero-order valence-corrected chi connectivity index (χ0v) is 9.31. The Balaban J connectivity index is 2.53. The fourth-order valence-electron chi connectivity index (χ4n) is 0.942. The molecule has 1 atom stereocenters. The van der Waals surface area contributed by atoms with Gasteiger partial charge in [0.2, 0.25) is 0 Å². The van der Waals surface area contributed by atoms with Crippen LogP contribution in [-0.4, -0.2) is 22.7 Å². The minimum atomic E-state index is -0.333. The molecule has 0 aliphatic rings. The van der Waals surface area contributed by atoms with E-state index in [1.807, 2.05) is 0 Å². The lowest BCUT2D eigenvalue weighted by Crippen LogP contribution is -2.10. The summed E-state index contributed by atoms with van der Waals surface area (Å²) in [4.78, 5) is 4.01. The number of nitrogens with one attached hydrogen (secondary N) is 1. The average Bonchev–Trinajstić information content (AvgIpc) is 2.10. The number of aromatic nitrogens is 1. The van der Waals surface area contributed by atoms with E-state index in [-0.39, 0.29) is 6.10 Å². The molecule has 0 aromatic carbocycles. The number of hydrogen-bond acceptors (Lipinski definition) is 3. The second-order valence-electron chi connectivity index (χ2n) is 3.03. The van der Waals surface area contributed by atoms with Crippen molar-refractivity contribution in [1.82, 2.24) is 4.98 Å². The van der Waals surface area contributed by atoms with Crippen molar-refractivity contribution in [2.24, 2.45) is 0 Å². The topological polar surface area (TPSA) is 45.1 Å². The molecule has 0 bridgehead atoms. The first kappa shape index (κ1) is 11.6. The predicted molar refractivity (Wildman–Crippen MR) is 59.0 cm³/mol. The Labute approximate surface area is 93.1 Å². The molecule has 0 unspecified atom stereocenters. The zero-order chi connectivity index (χ0) is 10.6. The monoisotopic (exact) mass is 234 g/mol. The molecule has 0 saturated heterocycles. The van der Waals surface area contributed by atoms with Gasteiger partial charge in [-0.2, -0.15) is 0 Å². The fourth-order valence-corrected chi connectivity index (χ4v) is 1.26. The van der Waals surface area contributed by atoms with Gasteiger partial charge in [-0.05, 0) is 25.5 Å². The maximum Gasteiger partial charge on any atom is 0.146 e. The summed E-state index contributed by atoms with van der Waals surface area (Å²) in [6.45, 7) is 2.35. The molecule has 0 spiro atoms. The highest BCUT2D eigenvalue weighted by Crippen LogP contribution is 2.21. The molecule has 5 heteroatoms. The van der Waals surface area contributed by atoms with Crippen LogP contribution in [0, 0.1) is 0 Å². The summed E-state index contributed by atoms with van der Waals surface area (Å²) in [6.07, 6.45) is 0.310. The van der Waals surface area contributed by atoms with Gasteiger partial charge in [0.25, 0.3) is 0 Å². The molecule has 1 aromatic heterocycles. The highest BCUT2D eigenvalue weighted by molar-refractivity contribution is 6.34. The zero-order valence-electron chi connectivity index (χ0n) is 7.80. The van der Waals surface area contributed by atoms with E-state index in [9.17, 15) is 0 Å². The van der Waals surface area contributed by atoms with Crippen LogP contribution in [0.15, 0.2) is 12.1 Å². The standard InChI is InChI=1S/C9H12Cl2N2O/c1-6(14)4-5-12-9-7(10)2-3-8(11)13-9/h2-3,6,14H,4-5H2,1H3,(H,12,13)/t6-/m1/s1. The van der Waals surface area contributed by atoms with Crippen molar-refractivity contribution in [3.8, 4) is 0 Å². The summed E-state index contributed by atoms with van der Waals surface area (Å²) < 4.78 is 0. The summed E-state index contributed by atoms with van der Waals surface area (Å²) in [7, 11) is 0. The number of aliphatic hydroxyl groups excluding tert-OH is 1. The highest BCUT2D eigenvalue weighted by atomic mass is 35.5. The van der Waals surface area contributed by atoms with Crippen molar-refractivity contribution in [2.75, 3.05) is 11.9 Å². The van der Waals surface area contributed by atoms with E-state index in [0.29, 0.717) is 29.0 Å². The molecular weight excluding hydrogens is 223 g/mol. The number of halogens is 2. The molecule has 14 heavy (non-hydrogen) atoms. The minimum Gasteiger partial charge on any atom is -0.393 e. The third kappa shape index (κ3) is 3.70. The van der Waals surface area contributed by atoms with Gasteiger partial charge in [0.15, 0.2) is 0 Å². The number of rotatable bonds is 4. The van der Waals surface area contributed by atoms with Crippen LogP contribution in [0.2, 0.25) is 10.2 Å². The van der Waals surface area contributed by atoms with Gasteiger partial charge in [0.05, 0.1) is 11.1 Å². The van der Waals surface area contributed by atoms with Crippen LogP contribution in [-0.2, 0) is 0 Å². The summed E-state index contributed by atoms with van der Waals surface area (Å²) in [5.41, 5.74) is 0. The Morgan fingerprint density at radius 2 is 2.21 bits per heavy atom. The molecule has 1 aromatic rings. The van der Waals surface area contributed by atoms with E-state index in [0.717, 1.165) is 0 Å². The maximum atomic E-state index is 9.03. The SMILES string of the molecule is C[C@@H](O)CCNc1nc(Cl)ccc1Cl. The Kier molecular flexibility index (Phi) is 4.45. The van der Waals surface area contributed by atoms with Crippen molar-refractivity contribution < 1.29 is 5.11 Å². The Hall–Kier alpha value is -0.510. The summed E-state index contributed by atoms with van der Waals surface area (Å²) >= 11 is 11.6. The smallest absolute Gasteiger partial charge is 0.146 e. The highest BCUT2D eigenvalue weighted by Gasteiger charge is 2.02. The molecule has 1 rings (SSSR count). The van der Waals surface area contributed by atoms with Crippen molar-refractivity contribution in [1.29, 1.82) is 0 Å². The Bertz CT molecular complexity index is 305. The Morgan fingerprint density at radius 3 is 2.86 bits per heavy atom. The lowest BCUT2D eigenvalue weighted by Gasteiger charge is -2.08. The van der Waals surface area contributed by atoms with Gasteiger partial charge in [0, 0.05) is 6.54 Å². The van der Waals surface area contributed by atoms with Gasteiger partial charge in [-0.15, -0.1) is 0 Å². The van der Waals surface area contributed by atoms with Crippen molar-refractivity contribution in [3.63, 3.8) is 0 Å². The van der Waals surface area contributed by atoms with Gasteiger partial charge < -0.3 is 10.4 Å². The fraction of sp³-hybridized carbons (Fsp3) is 0.444. The summed E-state index contributed by atoms with van der Waals surface area (Å²) in [5.74, 6) is 0.555. The van der Waals surface area contributed by atoms with Gasteiger partial charge in [-0.3, -0.25) is 0 Å². The van der Waals surface area contributed by atoms with Crippen LogP contribution >= 0.6 is 23.2 Å². The van der Waals surface area contributed by atoms with E-state index in [4.69, 9.17) is 28.3 Å². The van der Waals surface area contributed by atoms with Crippen LogP contribution in [0.5, 0.6) is 0 Å². The quantitative estimate of drug-likeness (QED) is 0.788. The molecule has 0 amide bonds. The maximum absolute atomic E-state index is 9.03. The first-order valence-electron chi connectivity index (χ1n) is 4.33. The van der Waals surface area contributed by atoms with E-state index in [1.54, 1.807) is 19.1 Å². The molecule has 0 aliphatic heterocycles. The molecular formula is C9H12Cl2N2O. The van der Waals surface area contributed by atoms with Crippen LogP contribution in [0.3, 0.4) is 0 Å². The summed E-state index contributed by atoms with van der Waals surface area (Å²) in [6, 6.07) is 3.31. The third-order valence-corrected chi connectivity index (χ3v) is 2.18. The largest absolute Gasteiger partial charge is 0.393 e. The van der Waals surface area contributed by atoms with Crippen molar-refractivity contribution in [2.45, 2.75) is 19.4 Å². The number of pyridine rings is 1. The number of hydrogen-bond donors (Lipinski definition) is 2. The Morgan fingerprint density at radius 1 is 1.50 bits per heavy atom. The molecule has 0 fully saturated rings. The second-order valence-corrected chi connectivity index (χ2v) is 3.82. The average molecular weight is 235 g/mol. The van der Waals surface area contributed by atoms with Crippen LogP contribution in [0.1, 0.15) is 13.3 Å². The first-order chi connectivity index (χ1) is 6.59. The number of aliphatic hydroxyl groups is 1. The summed E-state index contributed by atoms with van der Waals surface area (Å²) in [5, 5.41) is 13.0. The van der Waals surface area contributed by atoms with E-state index in [1.165, 1.54) is 0 Å². The van der Waals surface area contributed by atoms with Crippen LogP contribution in [0.25, 0.3) is 0 Å². The van der Waals surface area contributed by atoms with Crippen LogP contribution < -0.4 is 5.32 Å². The lowest BCUT2D eigenvalue weighted by molar-refractivity contribution is 0.188. The van der Waals surface area contributed by atoms with Gasteiger partial charge >= 0.3 is 0 Å². The minimum absolute atomic E-state index is 0.333. The number of nitrogens with zero attached hydrogens (tertiary/aromatic N) is 1. The molecule has 0 radical (unpaired) electrons. The predicted octanol–water partition coefficient (Wildman–Crippen LogP) is 2.57. The second kappa shape index (κ2) is 5.39. The van der Waals surface area contributed by atoms with E-state index < -0.39 is 0 Å². The molecule has 0 saturated carbocycles.